The molecule has 3 heteroatoms. The van der Waals surface area contributed by atoms with Crippen LogP contribution in [0.25, 0.3) is 0 Å². The quantitative estimate of drug-likeness (QED) is 0.939. The third-order valence-electron chi connectivity index (χ3n) is 4.33. The van der Waals surface area contributed by atoms with Gasteiger partial charge in [0.05, 0.1) is 6.04 Å². The zero-order valence-electron chi connectivity index (χ0n) is 12.9. The Morgan fingerprint density at radius 3 is 2.57 bits per heavy atom. The Hall–Kier alpha value is -1.58. The summed E-state index contributed by atoms with van der Waals surface area (Å²) in [5.74, 6) is 1.94. The van der Waals surface area contributed by atoms with E-state index in [1.165, 1.54) is 17.5 Å². The Balaban J connectivity index is 1.90. The lowest BCUT2D eigenvalue weighted by molar-refractivity contribution is 0.148. The van der Waals surface area contributed by atoms with E-state index < -0.39 is 0 Å². The number of rotatable bonds is 3. The molecule has 1 aliphatic rings. The summed E-state index contributed by atoms with van der Waals surface area (Å²) in [4.78, 5) is 2.47. The molecule has 0 spiro atoms. The van der Waals surface area contributed by atoms with Crippen molar-refractivity contribution in [1.29, 1.82) is 0 Å². The number of fused-ring (bicyclic) bond motifs is 1. The smallest absolute Gasteiger partial charge is 0.122 e. The van der Waals surface area contributed by atoms with Gasteiger partial charge >= 0.3 is 0 Å². The molecule has 0 aliphatic carbocycles. The number of benzene rings is 1. The molecule has 1 aromatic heterocycles. The Morgan fingerprint density at radius 2 is 1.90 bits per heavy atom. The molecule has 0 saturated heterocycles. The summed E-state index contributed by atoms with van der Waals surface area (Å²) in [5, 5.41) is 0. The van der Waals surface area contributed by atoms with Crippen LogP contribution in [-0.2, 0) is 13.0 Å². The van der Waals surface area contributed by atoms with Gasteiger partial charge in [-0.2, -0.15) is 0 Å². The Kier molecular flexibility index (Phi) is 4.13. The molecule has 21 heavy (non-hydrogen) atoms. The second kappa shape index (κ2) is 6.04. The molecule has 1 aliphatic heterocycles. The van der Waals surface area contributed by atoms with E-state index >= 15 is 0 Å². The van der Waals surface area contributed by atoms with Gasteiger partial charge in [-0.1, -0.05) is 24.3 Å². The van der Waals surface area contributed by atoms with E-state index in [-0.39, 0.29) is 12.1 Å². The van der Waals surface area contributed by atoms with Crippen molar-refractivity contribution in [1.82, 2.24) is 4.90 Å². The summed E-state index contributed by atoms with van der Waals surface area (Å²) >= 11 is 0. The van der Waals surface area contributed by atoms with Crippen LogP contribution in [0.4, 0.5) is 0 Å². The molecule has 0 saturated carbocycles. The van der Waals surface area contributed by atoms with Gasteiger partial charge in [0, 0.05) is 12.6 Å². The molecule has 2 aromatic rings. The Bertz CT molecular complexity index is 603. The summed E-state index contributed by atoms with van der Waals surface area (Å²) in [7, 11) is 0. The fourth-order valence-electron chi connectivity index (χ4n) is 3.35. The number of nitrogens with two attached hydrogens (primary N) is 1. The molecule has 3 rings (SSSR count). The van der Waals surface area contributed by atoms with Gasteiger partial charge in [-0.05, 0) is 56.5 Å². The predicted molar refractivity (Wildman–Crippen MR) is 85.0 cm³/mol. The third kappa shape index (κ3) is 3.04. The molecule has 2 unspecified atom stereocenters. The topological polar surface area (TPSA) is 42.4 Å². The highest BCUT2D eigenvalue weighted by molar-refractivity contribution is 5.28. The second-order valence-corrected chi connectivity index (χ2v) is 6.10. The lowest BCUT2D eigenvalue weighted by atomic mass is 10.0. The number of furan rings is 1. The van der Waals surface area contributed by atoms with Crippen molar-refractivity contribution in [2.24, 2.45) is 5.73 Å². The molecule has 2 atom stereocenters. The first-order valence-corrected chi connectivity index (χ1v) is 7.78. The maximum atomic E-state index is 6.28. The van der Waals surface area contributed by atoms with Gasteiger partial charge in [0.1, 0.15) is 11.5 Å². The Morgan fingerprint density at radius 1 is 1.14 bits per heavy atom. The van der Waals surface area contributed by atoms with Gasteiger partial charge < -0.3 is 10.2 Å². The van der Waals surface area contributed by atoms with Crippen LogP contribution >= 0.6 is 0 Å². The monoisotopic (exact) mass is 284 g/mol. The minimum atomic E-state index is 0.0424. The molecule has 0 amide bonds. The number of hydrogen-bond acceptors (Lipinski definition) is 3. The van der Waals surface area contributed by atoms with E-state index in [0.717, 1.165) is 31.0 Å². The molecule has 0 radical (unpaired) electrons. The minimum absolute atomic E-state index is 0.0424. The maximum absolute atomic E-state index is 6.28. The molecular weight excluding hydrogens is 260 g/mol. The number of hydrogen-bond donors (Lipinski definition) is 1. The SMILES string of the molecule is Cc1ccc(C(C(C)N)N2CCCc3ccccc3C2)o1. The van der Waals surface area contributed by atoms with E-state index in [1.54, 1.807) is 0 Å². The largest absolute Gasteiger partial charge is 0.465 e. The predicted octanol–water partition coefficient (Wildman–Crippen LogP) is 3.42. The van der Waals surface area contributed by atoms with Crippen LogP contribution in [0.2, 0.25) is 0 Å². The van der Waals surface area contributed by atoms with Crippen molar-refractivity contribution < 1.29 is 4.42 Å². The lowest BCUT2D eigenvalue weighted by Gasteiger charge is -2.32. The summed E-state index contributed by atoms with van der Waals surface area (Å²) in [6, 6.07) is 13.0. The van der Waals surface area contributed by atoms with Crippen LogP contribution < -0.4 is 5.73 Å². The van der Waals surface area contributed by atoms with Crippen molar-refractivity contribution in [2.75, 3.05) is 6.54 Å². The van der Waals surface area contributed by atoms with E-state index in [2.05, 4.69) is 42.2 Å². The van der Waals surface area contributed by atoms with Crippen LogP contribution in [0, 0.1) is 6.92 Å². The van der Waals surface area contributed by atoms with E-state index in [9.17, 15) is 0 Å². The normalized spacial score (nSPS) is 18.8. The third-order valence-corrected chi connectivity index (χ3v) is 4.33. The molecular formula is C18H24N2O. The van der Waals surface area contributed by atoms with Crippen LogP contribution in [0.5, 0.6) is 0 Å². The highest BCUT2D eigenvalue weighted by Gasteiger charge is 2.28. The average molecular weight is 284 g/mol. The van der Waals surface area contributed by atoms with Crippen molar-refractivity contribution in [3.05, 3.63) is 59.0 Å². The van der Waals surface area contributed by atoms with E-state index in [4.69, 9.17) is 10.2 Å². The average Bonchev–Trinajstić information content (AvgIpc) is 2.75. The highest BCUT2D eigenvalue weighted by atomic mass is 16.3. The second-order valence-electron chi connectivity index (χ2n) is 6.10. The van der Waals surface area contributed by atoms with Gasteiger partial charge in [0.25, 0.3) is 0 Å². The Labute approximate surface area is 126 Å². The van der Waals surface area contributed by atoms with Crippen LogP contribution in [0.15, 0.2) is 40.8 Å². The summed E-state index contributed by atoms with van der Waals surface area (Å²) < 4.78 is 5.87. The van der Waals surface area contributed by atoms with Crippen molar-refractivity contribution in [3.63, 3.8) is 0 Å². The molecule has 2 heterocycles. The number of nitrogens with zero attached hydrogens (tertiary/aromatic N) is 1. The van der Waals surface area contributed by atoms with Crippen molar-refractivity contribution in [3.8, 4) is 0 Å². The molecule has 112 valence electrons. The van der Waals surface area contributed by atoms with Crippen LogP contribution in [-0.4, -0.2) is 17.5 Å². The molecule has 3 nitrogen and oxygen atoms in total. The first-order chi connectivity index (χ1) is 10.1. The molecule has 0 fully saturated rings. The first kappa shape index (κ1) is 14.4. The molecule has 1 aromatic carbocycles. The van der Waals surface area contributed by atoms with Gasteiger partial charge in [-0.3, -0.25) is 4.90 Å². The fraction of sp³-hybridized carbons (Fsp3) is 0.444. The maximum Gasteiger partial charge on any atom is 0.122 e. The van der Waals surface area contributed by atoms with Crippen molar-refractivity contribution >= 4 is 0 Å². The number of aryl methyl sites for hydroxylation is 2. The van der Waals surface area contributed by atoms with Gasteiger partial charge in [-0.15, -0.1) is 0 Å². The lowest BCUT2D eigenvalue weighted by Crippen LogP contribution is -2.39. The zero-order chi connectivity index (χ0) is 14.8. The fourth-order valence-corrected chi connectivity index (χ4v) is 3.35. The molecule has 2 N–H and O–H groups in total. The summed E-state index contributed by atoms with van der Waals surface area (Å²) in [6.07, 6.45) is 2.31. The first-order valence-electron chi connectivity index (χ1n) is 7.78. The van der Waals surface area contributed by atoms with Gasteiger partial charge in [0.15, 0.2) is 0 Å². The standard InChI is InChI=1S/C18H24N2O/c1-13-9-10-17(21-13)18(14(2)19)20-11-5-8-15-6-3-4-7-16(15)12-20/h3-4,6-7,9-10,14,18H,5,8,11-12,19H2,1-2H3. The van der Waals surface area contributed by atoms with E-state index in [0.29, 0.717) is 0 Å². The van der Waals surface area contributed by atoms with Gasteiger partial charge in [0.2, 0.25) is 0 Å². The summed E-state index contributed by atoms with van der Waals surface area (Å²) in [6.45, 7) is 6.06. The van der Waals surface area contributed by atoms with E-state index in [1.807, 2.05) is 13.0 Å². The van der Waals surface area contributed by atoms with Gasteiger partial charge in [-0.25, -0.2) is 0 Å². The minimum Gasteiger partial charge on any atom is -0.465 e. The summed E-state index contributed by atoms with van der Waals surface area (Å²) in [5.41, 5.74) is 9.17. The van der Waals surface area contributed by atoms with Crippen LogP contribution in [0.1, 0.15) is 42.0 Å². The van der Waals surface area contributed by atoms with Crippen LogP contribution in [0.3, 0.4) is 0 Å². The van der Waals surface area contributed by atoms with Crippen molar-refractivity contribution in [2.45, 2.75) is 45.3 Å². The zero-order valence-corrected chi connectivity index (χ0v) is 12.9. The highest BCUT2D eigenvalue weighted by Crippen LogP contribution is 2.30. The molecule has 0 bridgehead atoms.